The van der Waals surface area contributed by atoms with Crippen LogP contribution in [0.15, 0.2) is 12.4 Å². The molecule has 2 heterocycles. The minimum atomic E-state index is -1.06. The molecule has 1 N–H and O–H groups in total. The molecule has 1 aromatic heterocycles. The van der Waals surface area contributed by atoms with Gasteiger partial charge in [0.05, 0.1) is 18.2 Å². The van der Waals surface area contributed by atoms with Crippen LogP contribution in [0.3, 0.4) is 0 Å². The molecule has 8 nitrogen and oxygen atoms in total. The molecule has 1 saturated heterocycles. The van der Waals surface area contributed by atoms with Crippen molar-refractivity contribution in [1.82, 2.24) is 19.6 Å². The number of carbonyl (C=O) groups is 3. The lowest BCUT2D eigenvalue weighted by atomic mass is 9.84. The molecule has 0 aromatic carbocycles. The van der Waals surface area contributed by atoms with Crippen molar-refractivity contribution in [1.29, 1.82) is 0 Å². The summed E-state index contributed by atoms with van der Waals surface area (Å²) in [4.78, 5) is 38.1. The summed E-state index contributed by atoms with van der Waals surface area (Å²) in [5.74, 6) is -1.82. The number of hydrogen-bond donors (Lipinski definition) is 1. The molecule has 22 heavy (non-hydrogen) atoms. The first-order valence-corrected chi connectivity index (χ1v) is 7.02. The number of hydrogen-bond acceptors (Lipinski definition) is 4. The maximum atomic E-state index is 12.6. The smallest absolute Gasteiger partial charge is 0.323 e. The second kappa shape index (κ2) is 6.17. The normalized spacial score (nSPS) is 21.8. The van der Waals surface area contributed by atoms with Crippen LogP contribution in [-0.4, -0.2) is 63.1 Å². The van der Waals surface area contributed by atoms with Gasteiger partial charge in [-0.1, -0.05) is 0 Å². The van der Waals surface area contributed by atoms with E-state index in [0.29, 0.717) is 6.42 Å². The molecule has 1 aromatic rings. The number of aliphatic carboxylic acids is 1. The minimum Gasteiger partial charge on any atom is -0.480 e. The van der Waals surface area contributed by atoms with Gasteiger partial charge in [-0.25, -0.2) is 0 Å². The van der Waals surface area contributed by atoms with E-state index in [0.717, 1.165) is 5.56 Å². The summed E-state index contributed by atoms with van der Waals surface area (Å²) in [6.07, 6.45) is 4.10. The van der Waals surface area contributed by atoms with Crippen LogP contribution in [0.1, 0.15) is 24.4 Å². The summed E-state index contributed by atoms with van der Waals surface area (Å²) in [5.41, 5.74) is 0.778. The molecular formula is C14H20N4O4. The van der Waals surface area contributed by atoms with Crippen LogP contribution in [0.4, 0.5) is 0 Å². The average Bonchev–Trinajstić information content (AvgIpc) is 2.86. The highest BCUT2D eigenvalue weighted by Crippen LogP contribution is 2.36. The van der Waals surface area contributed by atoms with Crippen LogP contribution in [0.25, 0.3) is 0 Å². The molecule has 2 unspecified atom stereocenters. The van der Waals surface area contributed by atoms with Crippen molar-refractivity contribution in [3.63, 3.8) is 0 Å². The topological polar surface area (TPSA) is 95.7 Å². The highest BCUT2D eigenvalue weighted by Gasteiger charge is 2.40. The quantitative estimate of drug-likeness (QED) is 0.836. The van der Waals surface area contributed by atoms with Crippen LogP contribution >= 0.6 is 0 Å². The Hall–Kier alpha value is -2.38. The number of likely N-dealkylation sites (N-methyl/N-ethyl adjacent to an activating group) is 1. The molecule has 2 atom stereocenters. The average molecular weight is 308 g/mol. The van der Waals surface area contributed by atoms with Gasteiger partial charge in [0.1, 0.15) is 6.54 Å². The molecule has 0 radical (unpaired) electrons. The molecule has 1 fully saturated rings. The largest absolute Gasteiger partial charge is 0.480 e. The van der Waals surface area contributed by atoms with E-state index in [1.807, 2.05) is 0 Å². The van der Waals surface area contributed by atoms with Crippen molar-refractivity contribution < 1.29 is 19.5 Å². The molecule has 2 amide bonds. The Morgan fingerprint density at radius 3 is 2.68 bits per heavy atom. The lowest BCUT2D eigenvalue weighted by Crippen LogP contribution is -2.47. The van der Waals surface area contributed by atoms with E-state index in [-0.39, 0.29) is 24.8 Å². The van der Waals surface area contributed by atoms with Gasteiger partial charge in [0.15, 0.2) is 0 Å². The maximum absolute atomic E-state index is 12.6. The number of rotatable bonds is 4. The van der Waals surface area contributed by atoms with Gasteiger partial charge in [0, 0.05) is 39.3 Å². The molecule has 8 heteroatoms. The number of carboxylic acid groups (broad SMARTS) is 1. The van der Waals surface area contributed by atoms with E-state index in [1.165, 1.54) is 11.9 Å². The van der Waals surface area contributed by atoms with Crippen LogP contribution in [0.2, 0.25) is 0 Å². The van der Waals surface area contributed by atoms with Crippen LogP contribution in [0, 0.1) is 5.92 Å². The fraction of sp³-hybridized carbons (Fsp3) is 0.571. The van der Waals surface area contributed by atoms with Gasteiger partial charge in [-0.3, -0.25) is 19.1 Å². The fourth-order valence-electron chi connectivity index (χ4n) is 2.91. The SMILES string of the molecule is CN(CC(=O)O)C(=O)C1CCC(=O)N(C)C1c1cnn(C)c1. The first-order valence-electron chi connectivity index (χ1n) is 7.02. The predicted molar refractivity (Wildman–Crippen MR) is 76.7 cm³/mol. The number of carboxylic acids is 1. The number of likely N-dealkylation sites (tertiary alicyclic amines) is 1. The van der Waals surface area contributed by atoms with Crippen molar-refractivity contribution in [3.05, 3.63) is 18.0 Å². The number of amides is 2. The van der Waals surface area contributed by atoms with Gasteiger partial charge >= 0.3 is 5.97 Å². The molecule has 120 valence electrons. The number of nitrogens with zero attached hydrogens (tertiary/aromatic N) is 4. The van der Waals surface area contributed by atoms with E-state index in [2.05, 4.69) is 5.10 Å². The summed E-state index contributed by atoms with van der Waals surface area (Å²) < 4.78 is 1.62. The molecule has 1 aliphatic heterocycles. The standard InChI is InChI=1S/C14H20N4O4/c1-16(8-12(20)21)14(22)10-4-5-11(19)18(3)13(10)9-6-15-17(2)7-9/h6-7,10,13H,4-5,8H2,1-3H3,(H,20,21). The zero-order valence-corrected chi connectivity index (χ0v) is 12.9. The van der Waals surface area contributed by atoms with Gasteiger partial charge in [-0.15, -0.1) is 0 Å². The van der Waals surface area contributed by atoms with Crippen molar-refractivity contribution in [2.24, 2.45) is 13.0 Å². The van der Waals surface area contributed by atoms with E-state index in [1.54, 1.807) is 36.1 Å². The lowest BCUT2D eigenvalue weighted by Gasteiger charge is -2.39. The first kappa shape index (κ1) is 16.0. The first-order chi connectivity index (χ1) is 10.3. The van der Waals surface area contributed by atoms with Crippen LogP contribution in [0.5, 0.6) is 0 Å². The monoisotopic (exact) mass is 308 g/mol. The summed E-state index contributed by atoms with van der Waals surface area (Å²) >= 11 is 0. The zero-order valence-electron chi connectivity index (χ0n) is 12.9. The Bertz CT molecular complexity index is 597. The van der Waals surface area contributed by atoms with Gasteiger partial charge in [-0.05, 0) is 6.42 Å². The zero-order chi connectivity index (χ0) is 16.4. The third-order valence-corrected chi connectivity index (χ3v) is 3.99. The predicted octanol–water partition coefficient (Wildman–Crippen LogP) is -0.127. The van der Waals surface area contributed by atoms with Gasteiger partial charge in [-0.2, -0.15) is 5.10 Å². The van der Waals surface area contributed by atoms with Crippen molar-refractivity contribution in [2.75, 3.05) is 20.6 Å². The Kier molecular flexibility index (Phi) is 4.48. The highest BCUT2D eigenvalue weighted by molar-refractivity contribution is 5.86. The third kappa shape index (κ3) is 3.10. The minimum absolute atomic E-state index is 0.0289. The van der Waals surface area contributed by atoms with E-state index < -0.39 is 17.9 Å². The number of carbonyl (C=O) groups excluding carboxylic acids is 2. The highest BCUT2D eigenvalue weighted by atomic mass is 16.4. The maximum Gasteiger partial charge on any atom is 0.323 e. The molecule has 0 aliphatic carbocycles. The van der Waals surface area contributed by atoms with Crippen LogP contribution in [-0.2, 0) is 21.4 Å². The van der Waals surface area contributed by atoms with E-state index >= 15 is 0 Å². The fourth-order valence-corrected chi connectivity index (χ4v) is 2.91. The Morgan fingerprint density at radius 2 is 2.14 bits per heavy atom. The number of aromatic nitrogens is 2. The third-order valence-electron chi connectivity index (χ3n) is 3.99. The molecule has 2 rings (SSSR count). The number of piperidine rings is 1. The summed E-state index contributed by atoms with van der Waals surface area (Å²) in [6, 6.07) is -0.418. The van der Waals surface area contributed by atoms with E-state index in [9.17, 15) is 14.4 Å². The second-order valence-corrected chi connectivity index (χ2v) is 5.63. The Labute approximate surface area is 128 Å². The van der Waals surface area contributed by atoms with Crippen molar-refractivity contribution >= 4 is 17.8 Å². The Morgan fingerprint density at radius 1 is 1.45 bits per heavy atom. The number of aryl methyl sites for hydroxylation is 1. The Balaban J connectivity index is 2.28. The van der Waals surface area contributed by atoms with Gasteiger partial charge < -0.3 is 14.9 Å². The van der Waals surface area contributed by atoms with Gasteiger partial charge in [0.25, 0.3) is 0 Å². The molecule has 0 saturated carbocycles. The van der Waals surface area contributed by atoms with E-state index in [4.69, 9.17) is 5.11 Å². The summed E-state index contributed by atoms with van der Waals surface area (Å²) in [5, 5.41) is 12.9. The molecule has 1 aliphatic rings. The van der Waals surface area contributed by atoms with Crippen molar-refractivity contribution in [2.45, 2.75) is 18.9 Å². The summed E-state index contributed by atoms with van der Waals surface area (Å²) in [7, 11) is 4.89. The molecule has 0 spiro atoms. The summed E-state index contributed by atoms with van der Waals surface area (Å²) in [6.45, 7) is -0.354. The molecule has 0 bridgehead atoms. The van der Waals surface area contributed by atoms with Crippen LogP contribution < -0.4 is 0 Å². The molecular weight excluding hydrogens is 288 g/mol. The second-order valence-electron chi connectivity index (χ2n) is 5.63. The lowest BCUT2D eigenvalue weighted by molar-refractivity contribution is -0.150. The van der Waals surface area contributed by atoms with Crippen molar-refractivity contribution in [3.8, 4) is 0 Å². The van der Waals surface area contributed by atoms with Gasteiger partial charge in [0.2, 0.25) is 11.8 Å².